The van der Waals surface area contributed by atoms with Gasteiger partial charge in [-0.15, -0.1) is 0 Å². The molecule has 0 aliphatic rings. The number of methoxy groups -OCH3 is 1. The molecule has 0 aromatic heterocycles. The molecule has 0 bridgehead atoms. The topological polar surface area (TPSA) is 84.9 Å². The number of urea groups is 1. The van der Waals surface area contributed by atoms with Crippen molar-refractivity contribution in [3.05, 3.63) is 84.2 Å². The maximum absolute atomic E-state index is 13.2. The fourth-order valence-corrected chi connectivity index (χ4v) is 4.15. The fraction of sp³-hybridized carbons (Fsp3) is 0.240. The van der Waals surface area contributed by atoms with Crippen LogP contribution in [0.2, 0.25) is 0 Å². The molecule has 3 rings (SSSR count). The molecule has 0 fully saturated rings. The van der Waals surface area contributed by atoms with Gasteiger partial charge in [0.15, 0.2) is 11.5 Å². The van der Waals surface area contributed by atoms with Gasteiger partial charge in [-0.1, -0.05) is 31.2 Å². The smallest absolute Gasteiger partial charge is 0.339 e. The first-order valence-corrected chi connectivity index (χ1v) is 12.1. The zero-order valence-electron chi connectivity index (χ0n) is 19.2. The third-order valence-corrected chi connectivity index (χ3v) is 6.54. The lowest BCUT2D eigenvalue weighted by Crippen LogP contribution is -2.40. The van der Waals surface area contributed by atoms with Crippen molar-refractivity contribution in [3.63, 3.8) is 0 Å². The summed E-state index contributed by atoms with van der Waals surface area (Å²) >= 11 is 0. The third kappa shape index (κ3) is 6.26. The summed E-state index contributed by atoms with van der Waals surface area (Å²) in [5.74, 6) is -0.382. The Morgan fingerprint density at radius 1 is 1.03 bits per heavy atom. The molecule has 2 amide bonds. The maximum atomic E-state index is 13.2. The van der Waals surface area contributed by atoms with E-state index in [9.17, 15) is 17.6 Å². The number of carbonyl (C=O) groups excluding carboxylic acids is 1. The second-order valence-corrected chi connectivity index (χ2v) is 9.20. The summed E-state index contributed by atoms with van der Waals surface area (Å²) < 4.78 is 49.2. The van der Waals surface area contributed by atoms with Crippen molar-refractivity contribution in [1.29, 1.82) is 0 Å². The first kappa shape index (κ1) is 25.0. The number of nitrogens with zero attached hydrogens (tertiary/aromatic N) is 1. The molecule has 0 aliphatic heterocycles. The number of ether oxygens (including phenoxy) is 1. The van der Waals surface area contributed by atoms with Crippen LogP contribution in [0.3, 0.4) is 0 Å². The van der Waals surface area contributed by atoms with Crippen LogP contribution in [0.25, 0.3) is 0 Å². The number of amides is 2. The average molecular weight is 487 g/mol. The molecule has 0 saturated carbocycles. The van der Waals surface area contributed by atoms with E-state index in [4.69, 9.17) is 8.92 Å². The minimum Gasteiger partial charge on any atom is -0.493 e. The van der Waals surface area contributed by atoms with Gasteiger partial charge in [-0.3, -0.25) is 0 Å². The molecule has 0 spiro atoms. The molecule has 9 heteroatoms. The molecule has 34 heavy (non-hydrogen) atoms. The van der Waals surface area contributed by atoms with Crippen LogP contribution in [-0.4, -0.2) is 32.5 Å². The number of hydrogen-bond acceptors (Lipinski definition) is 5. The number of carbonyl (C=O) groups is 1. The lowest BCUT2D eigenvalue weighted by Gasteiger charge is -2.29. The van der Waals surface area contributed by atoms with Gasteiger partial charge in [-0.25, -0.2) is 9.18 Å². The molecule has 3 aromatic carbocycles. The van der Waals surface area contributed by atoms with Gasteiger partial charge < -0.3 is 19.1 Å². The van der Waals surface area contributed by atoms with E-state index in [0.717, 1.165) is 30.7 Å². The highest BCUT2D eigenvalue weighted by molar-refractivity contribution is 7.87. The van der Waals surface area contributed by atoms with Crippen LogP contribution in [0.5, 0.6) is 11.5 Å². The Bertz CT molecular complexity index is 1220. The van der Waals surface area contributed by atoms with Crippen LogP contribution < -0.4 is 14.2 Å². The molecule has 0 radical (unpaired) electrons. The molecule has 0 aliphatic carbocycles. The zero-order chi connectivity index (χ0) is 24.7. The normalized spacial score (nSPS) is 12.0. The van der Waals surface area contributed by atoms with Crippen molar-refractivity contribution in [2.75, 3.05) is 12.4 Å². The van der Waals surface area contributed by atoms with E-state index in [-0.39, 0.29) is 35.0 Å². The highest BCUT2D eigenvalue weighted by Crippen LogP contribution is 2.31. The highest BCUT2D eigenvalue weighted by atomic mass is 32.2. The molecule has 0 saturated heterocycles. The van der Waals surface area contributed by atoms with E-state index in [2.05, 4.69) is 5.32 Å². The van der Waals surface area contributed by atoms with Crippen LogP contribution >= 0.6 is 0 Å². The number of hydrogen-bond donors (Lipinski definition) is 1. The number of anilines is 1. The maximum Gasteiger partial charge on any atom is 0.339 e. The van der Waals surface area contributed by atoms with Gasteiger partial charge in [0.05, 0.1) is 7.11 Å². The van der Waals surface area contributed by atoms with Crippen LogP contribution in [0.15, 0.2) is 77.7 Å². The summed E-state index contributed by atoms with van der Waals surface area (Å²) in [5.41, 5.74) is 1.32. The molecule has 0 unspecified atom stereocenters. The molecule has 1 atom stereocenters. The number of benzene rings is 3. The van der Waals surface area contributed by atoms with Crippen molar-refractivity contribution in [2.45, 2.75) is 37.8 Å². The summed E-state index contributed by atoms with van der Waals surface area (Å²) in [6.07, 6.45) is 0.723. The van der Waals surface area contributed by atoms with Crippen molar-refractivity contribution in [1.82, 2.24) is 4.90 Å². The van der Waals surface area contributed by atoms with E-state index in [1.54, 1.807) is 29.2 Å². The minimum absolute atomic E-state index is 0.0307. The Kier molecular flexibility index (Phi) is 8.12. The van der Waals surface area contributed by atoms with E-state index in [1.165, 1.54) is 13.2 Å². The molecule has 0 heterocycles. The Balaban J connectivity index is 1.86. The summed E-state index contributed by atoms with van der Waals surface area (Å²) in [4.78, 5) is 14.5. The van der Waals surface area contributed by atoms with Crippen molar-refractivity contribution >= 4 is 21.8 Å². The molecule has 180 valence electrons. The Morgan fingerprint density at radius 3 is 2.32 bits per heavy atom. The minimum atomic E-state index is -4.23. The van der Waals surface area contributed by atoms with Gasteiger partial charge in [0.25, 0.3) is 0 Å². The van der Waals surface area contributed by atoms with Gasteiger partial charge in [-0.05, 0) is 67.4 Å². The Hall–Kier alpha value is -3.59. The summed E-state index contributed by atoms with van der Waals surface area (Å²) in [6.45, 7) is 4.13. The Morgan fingerprint density at radius 2 is 1.71 bits per heavy atom. The summed E-state index contributed by atoms with van der Waals surface area (Å²) in [7, 11) is -2.83. The lowest BCUT2D eigenvalue weighted by molar-refractivity contribution is 0.187. The molecule has 7 nitrogen and oxygen atoms in total. The van der Waals surface area contributed by atoms with Crippen LogP contribution in [0.1, 0.15) is 25.8 Å². The standard InChI is InChI=1S/C25H27FN2O5S/c1-4-18(2)28(25(29)27-21-8-6-5-7-9-21)17-19-10-15-23(32-3)24(16-19)33-34(30,31)22-13-11-20(26)12-14-22/h5-16,18H,4,17H2,1-3H3,(H,27,29)/t18-/m0/s1. The first-order valence-electron chi connectivity index (χ1n) is 10.7. The zero-order valence-corrected chi connectivity index (χ0v) is 20.0. The monoisotopic (exact) mass is 486 g/mol. The number of halogens is 1. The quantitative estimate of drug-likeness (QED) is 0.408. The van der Waals surface area contributed by atoms with E-state index >= 15 is 0 Å². The molecule has 1 N–H and O–H groups in total. The highest BCUT2D eigenvalue weighted by Gasteiger charge is 2.23. The van der Waals surface area contributed by atoms with Crippen LogP contribution in [-0.2, 0) is 16.7 Å². The number of rotatable bonds is 9. The second kappa shape index (κ2) is 11.0. The lowest BCUT2D eigenvalue weighted by atomic mass is 10.1. The summed E-state index contributed by atoms with van der Waals surface area (Å²) in [6, 6.07) is 17.9. The molecule has 3 aromatic rings. The van der Waals surface area contributed by atoms with Gasteiger partial charge in [0, 0.05) is 18.3 Å². The van der Waals surface area contributed by atoms with Crippen molar-refractivity contribution in [3.8, 4) is 11.5 Å². The first-order chi connectivity index (χ1) is 16.2. The number of nitrogens with one attached hydrogen (secondary N) is 1. The Labute approximate surface area is 199 Å². The predicted molar refractivity (Wildman–Crippen MR) is 128 cm³/mol. The summed E-state index contributed by atoms with van der Waals surface area (Å²) in [5, 5.41) is 2.88. The fourth-order valence-electron chi connectivity index (χ4n) is 3.21. The second-order valence-electron chi connectivity index (χ2n) is 7.66. The van der Waals surface area contributed by atoms with Crippen molar-refractivity contribution in [2.24, 2.45) is 0 Å². The van der Waals surface area contributed by atoms with E-state index < -0.39 is 15.9 Å². The van der Waals surface area contributed by atoms with E-state index in [1.807, 2.05) is 32.0 Å². The van der Waals surface area contributed by atoms with Gasteiger partial charge >= 0.3 is 16.1 Å². The van der Waals surface area contributed by atoms with Crippen LogP contribution in [0, 0.1) is 5.82 Å². The van der Waals surface area contributed by atoms with Crippen LogP contribution in [0.4, 0.5) is 14.9 Å². The predicted octanol–water partition coefficient (Wildman–Crippen LogP) is 5.43. The van der Waals surface area contributed by atoms with E-state index in [0.29, 0.717) is 11.3 Å². The van der Waals surface area contributed by atoms with Crippen molar-refractivity contribution < 1.29 is 26.5 Å². The molecular formula is C25H27FN2O5S. The van der Waals surface area contributed by atoms with Gasteiger partial charge in [0.1, 0.15) is 10.7 Å². The largest absolute Gasteiger partial charge is 0.493 e. The number of para-hydroxylation sites is 1. The van der Waals surface area contributed by atoms with Gasteiger partial charge in [-0.2, -0.15) is 8.42 Å². The van der Waals surface area contributed by atoms with Gasteiger partial charge in [0.2, 0.25) is 0 Å². The average Bonchev–Trinajstić information content (AvgIpc) is 2.83. The third-order valence-electron chi connectivity index (χ3n) is 5.29. The SMILES string of the molecule is CC[C@H](C)N(Cc1ccc(OC)c(OS(=O)(=O)c2ccc(F)cc2)c1)C(=O)Nc1ccccc1. The molecular weight excluding hydrogens is 459 g/mol.